The van der Waals surface area contributed by atoms with Gasteiger partial charge in [-0.25, -0.2) is 0 Å². The molecule has 1 amide bonds. The molecule has 156 valence electrons. The first-order chi connectivity index (χ1) is 14.0. The Kier molecular flexibility index (Phi) is 6.74. The number of nitrogens with zero attached hydrogens (tertiary/aromatic N) is 1. The molecule has 1 N–H and O–H groups in total. The molecule has 8 heteroatoms. The summed E-state index contributed by atoms with van der Waals surface area (Å²) in [5, 5.41) is 3.41. The summed E-state index contributed by atoms with van der Waals surface area (Å²) < 4.78 is 40.4. The molecule has 6 nitrogen and oxygen atoms in total. The Morgan fingerprint density at radius 1 is 1.14 bits per heavy atom. The van der Waals surface area contributed by atoms with E-state index in [1.165, 1.54) is 12.1 Å². The van der Waals surface area contributed by atoms with Crippen molar-refractivity contribution in [3.05, 3.63) is 48.0 Å². The molecule has 3 rings (SSSR count). The minimum atomic E-state index is -2.98. The molecule has 1 fully saturated rings. The summed E-state index contributed by atoms with van der Waals surface area (Å²) in [6.07, 6.45) is 1.67. The summed E-state index contributed by atoms with van der Waals surface area (Å²) in [6, 6.07) is 11.6. The number of methoxy groups -OCH3 is 2. The zero-order valence-electron chi connectivity index (χ0n) is 16.4. The number of carbonyl (C=O) groups excluding carboxylic acids is 1. The summed E-state index contributed by atoms with van der Waals surface area (Å²) in [5.74, 6) is 0.887. The van der Waals surface area contributed by atoms with E-state index in [9.17, 15) is 13.6 Å². The van der Waals surface area contributed by atoms with E-state index in [-0.39, 0.29) is 23.3 Å². The van der Waals surface area contributed by atoms with Gasteiger partial charge in [0.15, 0.2) is 0 Å². The van der Waals surface area contributed by atoms with Crippen LogP contribution in [0.25, 0.3) is 0 Å². The van der Waals surface area contributed by atoms with Crippen molar-refractivity contribution in [2.75, 3.05) is 32.6 Å². The Balaban J connectivity index is 1.72. The lowest BCUT2D eigenvalue weighted by Crippen LogP contribution is -2.45. The summed E-state index contributed by atoms with van der Waals surface area (Å²) in [4.78, 5) is 14.6. The molecule has 29 heavy (non-hydrogen) atoms. The number of carbonyl (C=O) groups is 1. The van der Waals surface area contributed by atoms with E-state index in [1.54, 1.807) is 37.3 Å². The van der Waals surface area contributed by atoms with Crippen LogP contribution in [0.2, 0.25) is 0 Å². The fourth-order valence-electron chi connectivity index (χ4n) is 3.42. The quantitative estimate of drug-likeness (QED) is 0.753. The van der Waals surface area contributed by atoms with E-state index in [1.807, 2.05) is 12.1 Å². The third-order valence-electron chi connectivity index (χ3n) is 4.76. The van der Waals surface area contributed by atoms with E-state index in [0.29, 0.717) is 24.6 Å². The van der Waals surface area contributed by atoms with Crippen molar-refractivity contribution in [2.24, 2.45) is 0 Å². The molecule has 0 aromatic heterocycles. The number of rotatable bonds is 7. The third-order valence-corrected chi connectivity index (χ3v) is 4.76. The number of nitrogens with one attached hydrogen (secondary N) is 1. The van der Waals surface area contributed by atoms with Gasteiger partial charge in [-0.3, -0.25) is 4.79 Å². The maximum atomic E-state index is 12.9. The number of alkyl halides is 2. The Hall–Kier alpha value is -3.03. The highest BCUT2D eigenvalue weighted by molar-refractivity contribution is 5.97. The van der Waals surface area contributed by atoms with Gasteiger partial charge in [-0.15, -0.1) is 0 Å². The lowest BCUT2D eigenvalue weighted by Gasteiger charge is -2.34. The van der Waals surface area contributed by atoms with Gasteiger partial charge in [0.2, 0.25) is 0 Å². The third kappa shape index (κ3) is 5.28. The summed E-state index contributed by atoms with van der Waals surface area (Å²) in [7, 11) is 3.16. The van der Waals surface area contributed by atoms with E-state index in [2.05, 4.69) is 10.1 Å². The van der Waals surface area contributed by atoms with Gasteiger partial charge in [0, 0.05) is 43.0 Å². The predicted octanol–water partition coefficient (Wildman–Crippen LogP) is 4.02. The first kappa shape index (κ1) is 20.7. The van der Waals surface area contributed by atoms with Crippen LogP contribution in [-0.4, -0.2) is 50.8 Å². The topological polar surface area (TPSA) is 60.0 Å². The lowest BCUT2D eigenvalue weighted by atomic mass is 10.0. The van der Waals surface area contributed by atoms with Crippen LogP contribution in [0.15, 0.2) is 42.5 Å². The summed E-state index contributed by atoms with van der Waals surface area (Å²) in [5.41, 5.74) is 0.957. The van der Waals surface area contributed by atoms with Crippen LogP contribution in [0, 0.1) is 0 Å². The molecule has 0 unspecified atom stereocenters. The van der Waals surface area contributed by atoms with Crippen molar-refractivity contribution in [2.45, 2.75) is 25.5 Å². The van der Waals surface area contributed by atoms with Gasteiger partial charge in [-0.1, -0.05) is 12.1 Å². The number of anilines is 1. The number of benzene rings is 2. The normalized spacial score (nSPS) is 16.4. The Labute approximate surface area is 168 Å². The molecule has 0 spiro atoms. The fraction of sp³-hybridized carbons (Fsp3) is 0.381. The largest absolute Gasteiger partial charge is 0.497 e. The van der Waals surface area contributed by atoms with E-state index < -0.39 is 6.61 Å². The van der Waals surface area contributed by atoms with Crippen LogP contribution in [-0.2, 0) is 0 Å². The number of para-hydroxylation sites is 1. The van der Waals surface area contributed by atoms with Gasteiger partial charge >= 0.3 is 6.61 Å². The average Bonchev–Trinajstić information content (AvgIpc) is 2.73. The van der Waals surface area contributed by atoms with Gasteiger partial charge in [-0.05, 0) is 25.0 Å². The van der Waals surface area contributed by atoms with Crippen LogP contribution in [0.1, 0.15) is 23.2 Å². The monoisotopic (exact) mass is 406 g/mol. The van der Waals surface area contributed by atoms with Gasteiger partial charge in [0.25, 0.3) is 5.91 Å². The molecular formula is C21H24F2N2O4. The maximum absolute atomic E-state index is 12.9. The van der Waals surface area contributed by atoms with E-state index in [0.717, 1.165) is 18.5 Å². The first-order valence-corrected chi connectivity index (χ1v) is 9.33. The second kappa shape index (κ2) is 9.45. The number of hydrogen-bond donors (Lipinski definition) is 1. The van der Waals surface area contributed by atoms with Crippen molar-refractivity contribution in [3.63, 3.8) is 0 Å². The fourth-order valence-corrected chi connectivity index (χ4v) is 3.42. The molecule has 2 aromatic rings. The smallest absolute Gasteiger partial charge is 0.387 e. The highest BCUT2D eigenvalue weighted by Gasteiger charge is 2.27. The molecule has 1 heterocycles. The average molecular weight is 406 g/mol. The van der Waals surface area contributed by atoms with Crippen LogP contribution >= 0.6 is 0 Å². The molecule has 0 radical (unpaired) electrons. The zero-order chi connectivity index (χ0) is 20.8. The van der Waals surface area contributed by atoms with Crippen molar-refractivity contribution in [3.8, 4) is 17.2 Å². The van der Waals surface area contributed by atoms with Crippen LogP contribution < -0.4 is 19.5 Å². The molecule has 0 saturated carbocycles. The Bertz CT molecular complexity index is 825. The van der Waals surface area contributed by atoms with Crippen molar-refractivity contribution < 1.29 is 27.8 Å². The SMILES string of the molecule is COc1cc(N[C@H]2CCCN(C(=O)c3ccccc3OC(F)F)C2)cc(OC)c1. The molecular weight excluding hydrogens is 382 g/mol. The van der Waals surface area contributed by atoms with Crippen molar-refractivity contribution in [1.29, 1.82) is 0 Å². The first-order valence-electron chi connectivity index (χ1n) is 9.33. The lowest BCUT2D eigenvalue weighted by molar-refractivity contribution is -0.0503. The van der Waals surface area contributed by atoms with E-state index >= 15 is 0 Å². The minimum absolute atomic E-state index is 0.00712. The highest BCUT2D eigenvalue weighted by atomic mass is 19.3. The van der Waals surface area contributed by atoms with Crippen LogP contribution in [0.5, 0.6) is 17.2 Å². The number of amides is 1. The van der Waals surface area contributed by atoms with Gasteiger partial charge < -0.3 is 24.4 Å². The number of likely N-dealkylation sites (tertiary alicyclic amines) is 1. The van der Waals surface area contributed by atoms with Crippen molar-refractivity contribution >= 4 is 11.6 Å². The second-order valence-corrected chi connectivity index (χ2v) is 6.71. The van der Waals surface area contributed by atoms with Gasteiger partial charge in [-0.2, -0.15) is 8.78 Å². The molecule has 1 aliphatic rings. The van der Waals surface area contributed by atoms with Crippen LogP contribution in [0.4, 0.5) is 14.5 Å². The number of halogens is 2. The summed E-state index contributed by atoms with van der Waals surface area (Å²) in [6.45, 7) is -1.98. The van der Waals surface area contributed by atoms with Crippen LogP contribution in [0.3, 0.4) is 0 Å². The highest BCUT2D eigenvalue weighted by Crippen LogP contribution is 2.28. The number of hydrogen-bond acceptors (Lipinski definition) is 5. The number of piperidine rings is 1. The molecule has 0 aliphatic carbocycles. The zero-order valence-corrected chi connectivity index (χ0v) is 16.4. The van der Waals surface area contributed by atoms with Gasteiger partial charge in [0.05, 0.1) is 19.8 Å². The molecule has 2 aromatic carbocycles. The molecule has 0 bridgehead atoms. The number of ether oxygens (including phenoxy) is 3. The van der Waals surface area contributed by atoms with E-state index in [4.69, 9.17) is 9.47 Å². The molecule has 1 saturated heterocycles. The Morgan fingerprint density at radius 2 is 1.83 bits per heavy atom. The van der Waals surface area contributed by atoms with Crippen molar-refractivity contribution in [1.82, 2.24) is 4.90 Å². The Morgan fingerprint density at radius 3 is 2.48 bits per heavy atom. The van der Waals surface area contributed by atoms with Gasteiger partial charge in [0.1, 0.15) is 17.2 Å². The summed E-state index contributed by atoms with van der Waals surface area (Å²) >= 11 is 0. The predicted molar refractivity (Wildman–Crippen MR) is 105 cm³/mol. The standard InChI is InChI=1S/C21H24F2N2O4/c1-27-16-10-15(11-17(12-16)28-2)24-14-6-5-9-25(13-14)20(26)18-7-3-4-8-19(18)29-21(22)23/h3-4,7-8,10-12,14,21,24H,5-6,9,13H2,1-2H3/t14-/m0/s1. The second-order valence-electron chi connectivity index (χ2n) is 6.71. The molecule has 1 atom stereocenters. The maximum Gasteiger partial charge on any atom is 0.387 e. The molecule has 1 aliphatic heterocycles. The minimum Gasteiger partial charge on any atom is -0.497 e.